The molecule has 1 rings (SSSR count). The molecule has 0 spiro atoms. The van der Waals surface area contributed by atoms with Crippen molar-refractivity contribution < 1.29 is 29.3 Å². The third-order valence-electron chi connectivity index (χ3n) is 3.75. The van der Waals surface area contributed by atoms with Gasteiger partial charge in [0.2, 0.25) is 0 Å². The Kier molecular flexibility index (Phi) is 5.09. The number of carboxylic acid groups (broad SMARTS) is 1. The highest BCUT2D eigenvalue weighted by Crippen LogP contribution is 2.44. The van der Waals surface area contributed by atoms with E-state index in [0.29, 0.717) is 19.3 Å². The Morgan fingerprint density at radius 3 is 2.58 bits per heavy atom. The second-order valence-electron chi connectivity index (χ2n) is 4.62. The monoisotopic (exact) mass is 270 g/mol. The molecule has 0 aromatic carbocycles. The van der Waals surface area contributed by atoms with E-state index in [4.69, 9.17) is 0 Å². The van der Waals surface area contributed by atoms with Crippen LogP contribution in [0, 0.1) is 11.3 Å². The van der Waals surface area contributed by atoms with E-state index >= 15 is 0 Å². The number of carbonyl (C=O) groups is 3. The quantitative estimate of drug-likeness (QED) is 0.476. The second-order valence-corrected chi connectivity index (χ2v) is 4.62. The maximum absolute atomic E-state index is 11.9. The lowest BCUT2D eigenvalue weighted by Gasteiger charge is -2.37. The van der Waals surface area contributed by atoms with Crippen LogP contribution in [-0.4, -0.2) is 23.0 Å². The molecule has 1 aliphatic carbocycles. The van der Waals surface area contributed by atoms with Gasteiger partial charge in [0.1, 0.15) is 0 Å². The van der Waals surface area contributed by atoms with Crippen molar-refractivity contribution in [3.05, 3.63) is 12.7 Å². The van der Waals surface area contributed by atoms with E-state index in [-0.39, 0.29) is 0 Å². The van der Waals surface area contributed by atoms with Gasteiger partial charge in [-0.05, 0) is 19.3 Å². The Morgan fingerprint density at radius 2 is 2.05 bits per heavy atom. The molecule has 1 fully saturated rings. The van der Waals surface area contributed by atoms with Crippen molar-refractivity contribution >= 4 is 17.9 Å². The van der Waals surface area contributed by atoms with Crippen LogP contribution < -0.4 is 0 Å². The molecule has 0 aromatic rings. The van der Waals surface area contributed by atoms with Crippen LogP contribution in [0.25, 0.3) is 0 Å². The molecule has 2 atom stereocenters. The van der Waals surface area contributed by atoms with Crippen LogP contribution in [0.5, 0.6) is 0 Å². The minimum absolute atomic E-state index is 0.331. The van der Waals surface area contributed by atoms with E-state index in [1.165, 1.54) is 0 Å². The van der Waals surface area contributed by atoms with Gasteiger partial charge in [-0.25, -0.2) is 19.4 Å². The summed E-state index contributed by atoms with van der Waals surface area (Å²) in [6.45, 7) is 4.90. The first-order valence-electron chi connectivity index (χ1n) is 6.26. The predicted molar refractivity (Wildman–Crippen MR) is 64.7 cm³/mol. The first kappa shape index (κ1) is 15.2. The molecule has 0 bridgehead atoms. The Bertz CT molecular complexity index is 389. The molecule has 1 saturated carbocycles. The zero-order valence-electron chi connectivity index (χ0n) is 10.9. The number of carbonyl (C=O) groups excluding carboxylic acids is 2. The number of carboxylic acids is 1. The van der Waals surface area contributed by atoms with Gasteiger partial charge in [-0.15, -0.1) is 0 Å². The predicted octanol–water partition coefficient (Wildman–Crippen LogP) is 1.84. The minimum Gasteiger partial charge on any atom is -0.481 e. The molecule has 0 saturated heterocycles. The number of hydrogen-bond donors (Lipinski definition) is 1. The van der Waals surface area contributed by atoms with Crippen LogP contribution in [0.2, 0.25) is 0 Å². The minimum atomic E-state index is -1.13. The zero-order valence-corrected chi connectivity index (χ0v) is 10.9. The molecule has 2 unspecified atom stereocenters. The van der Waals surface area contributed by atoms with Gasteiger partial charge < -0.3 is 5.11 Å². The first-order valence-corrected chi connectivity index (χ1v) is 6.26. The molecule has 0 radical (unpaired) electrons. The SMILES string of the molecule is C=CC(=O)OOC(=O)C1CCCCC1(CC)C(=O)O. The molecule has 19 heavy (non-hydrogen) atoms. The van der Waals surface area contributed by atoms with Crippen molar-refractivity contribution in [2.75, 3.05) is 0 Å². The zero-order chi connectivity index (χ0) is 14.5. The summed E-state index contributed by atoms with van der Waals surface area (Å²) in [4.78, 5) is 42.9. The van der Waals surface area contributed by atoms with Crippen LogP contribution in [0.1, 0.15) is 39.0 Å². The van der Waals surface area contributed by atoms with Gasteiger partial charge in [-0.2, -0.15) is 0 Å². The van der Waals surface area contributed by atoms with Gasteiger partial charge in [-0.3, -0.25) is 4.79 Å². The van der Waals surface area contributed by atoms with Crippen LogP contribution in [0.4, 0.5) is 0 Å². The van der Waals surface area contributed by atoms with E-state index in [1.54, 1.807) is 6.92 Å². The normalized spacial score (nSPS) is 26.3. The maximum atomic E-state index is 11.9. The highest BCUT2D eigenvalue weighted by atomic mass is 17.2. The Morgan fingerprint density at radius 1 is 1.37 bits per heavy atom. The van der Waals surface area contributed by atoms with E-state index in [0.717, 1.165) is 18.9 Å². The summed E-state index contributed by atoms with van der Waals surface area (Å²) >= 11 is 0. The molecule has 6 heteroatoms. The largest absolute Gasteiger partial charge is 0.481 e. The third kappa shape index (κ3) is 3.13. The average Bonchev–Trinajstić information content (AvgIpc) is 2.43. The van der Waals surface area contributed by atoms with Crippen molar-refractivity contribution in [3.8, 4) is 0 Å². The molecular formula is C13H18O6. The molecule has 1 aliphatic rings. The summed E-state index contributed by atoms with van der Waals surface area (Å²) in [6.07, 6.45) is 3.55. The summed E-state index contributed by atoms with van der Waals surface area (Å²) in [5.41, 5.74) is -1.13. The van der Waals surface area contributed by atoms with Crippen LogP contribution >= 0.6 is 0 Å². The molecule has 0 aromatic heterocycles. The molecule has 0 heterocycles. The fraction of sp³-hybridized carbons (Fsp3) is 0.615. The number of aliphatic carboxylic acids is 1. The molecule has 106 valence electrons. The Balaban J connectivity index is 2.81. The standard InChI is InChI=1S/C13H18O6/c1-3-10(14)18-19-11(15)9-7-5-6-8-13(9,4-2)12(16)17/h3,9H,1,4-8H2,2H3,(H,16,17). The average molecular weight is 270 g/mol. The second kappa shape index (κ2) is 6.36. The molecule has 6 nitrogen and oxygen atoms in total. The Hall–Kier alpha value is -1.85. The van der Waals surface area contributed by atoms with Gasteiger partial charge in [0.15, 0.2) is 0 Å². The number of rotatable bonds is 4. The van der Waals surface area contributed by atoms with Crippen molar-refractivity contribution in [1.29, 1.82) is 0 Å². The highest BCUT2D eigenvalue weighted by molar-refractivity contribution is 5.85. The van der Waals surface area contributed by atoms with Gasteiger partial charge in [-0.1, -0.05) is 26.3 Å². The van der Waals surface area contributed by atoms with Crippen molar-refractivity contribution in [3.63, 3.8) is 0 Å². The molecule has 0 aliphatic heterocycles. The van der Waals surface area contributed by atoms with Crippen LogP contribution in [-0.2, 0) is 24.2 Å². The van der Waals surface area contributed by atoms with Gasteiger partial charge in [0.05, 0.1) is 11.3 Å². The fourth-order valence-electron chi connectivity index (χ4n) is 2.59. The smallest absolute Gasteiger partial charge is 0.378 e. The lowest BCUT2D eigenvalue weighted by Crippen LogP contribution is -2.45. The fourth-order valence-corrected chi connectivity index (χ4v) is 2.59. The lowest BCUT2D eigenvalue weighted by molar-refractivity contribution is -0.262. The maximum Gasteiger partial charge on any atom is 0.378 e. The van der Waals surface area contributed by atoms with E-state index < -0.39 is 29.2 Å². The van der Waals surface area contributed by atoms with E-state index in [1.807, 2.05) is 0 Å². The third-order valence-corrected chi connectivity index (χ3v) is 3.75. The highest BCUT2D eigenvalue weighted by Gasteiger charge is 2.50. The van der Waals surface area contributed by atoms with Crippen LogP contribution in [0.15, 0.2) is 12.7 Å². The summed E-state index contributed by atoms with van der Waals surface area (Å²) in [5, 5.41) is 9.40. The van der Waals surface area contributed by atoms with Crippen molar-refractivity contribution in [2.24, 2.45) is 11.3 Å². The molecule has 0 amide bonds. The van der Waals surface area contributed by atoms with E-state index in [9.17, 15) is 19.5 Å². The van der Waals surface area contributed by atoms with Crippen molar-refractivity contribution in [2.45, 2.75) is 39.0 Å². The van der Waals surface area contributed by atoms with Gasteiger partial charge in [0.25, 0.3) is 0 Å². The van der Waals surface area contributed by atoms with Crippen LogP contribution in [0.3, 0.4) is 0 Å². The lowest BCUT2D eigenvalue weighted by atomic mass is 9.64. The van der Waals surface area contributed by atoms with Gasteiger partial charge >= 0.3 is 17.9 Å². The summed E-state index contributed by atoms with van der Waals surface area (Å²) in [7, 11) is 0. The van der Waals surface area contributed by atoms with E-state index in [2.05, 4.69) is 16.4 Å². The topological polar surface area (TPSA) is 89.9 Å². The van der Waals surface area contributed by atoms with Crippen molar-refractivity contribution in [1.82, 2.24) is 0 Å². The molecular weight excluding hydrogens is 252 g/mol. The summed E-state index contributed by atoms with van der Waals surface area (Å²) in [5.74, 6) is -3.49. The first-order chi connectivity index (χ1) is 8.97. The summed E-state index contributed by atoms with van der Waals surface area (Å²) < 4.78 is 0. The summed E-state index contributed by atoms with van der Waals surface area (Å²) in [6, 6.07) is 0. The molecule has 1 N–H and O–H groups in total. The Labute approximate surface area is 111 Å². The van der Waals surface area contributed by atoms with Gasteiger partial charge in [0, 0.05) is 6.08 Å². The number of hydrogen-bond acceptors (Lipinski definition) is 5.